The Labute approximate surface area is 68.4 Å². The van der Waals surface area contributed by atoms with Crippen LogP contribution in [0.3, 0.4) is 0 Å². The van der Waals surface area contributed by atoms with Crippen LogP contribution in [0.15, 0.2) is 17.1 Å². The maximum atomic E-state index is 13.4. The number of hydrogen-bond donors (Lipinski definition) is 1. The number of methoxy groups -OCH3 is 1. The molecule has 2 atom stereocenters. The van der Waals surface area contributed by atoms with Gasteiger partial charge in [0, 0.05) is 13.3 Å². The van der Waals surface area contributed by atoms with E-state index >= 15 is 0 Å². The Balaban J connectivity index is 2.92. The molecule has 4 nitrogen and oxygen atoms in total. The number of carbonyl (C=O) groups is 1. The first-order valence-electron chi connectivity index (χ1n) is 3.28. The van der Waals surface area contributed by atoms with Crippen molar-refractivity contribution < 1.29 is 19.0 Å². The van der Waals surface area contributed by atoms with Gasteiger partial charge in [-0.05, 0) is 12.2 Å². The van der Waals surface area contributed by atoms with Crippen molar-refractivity contribution in [3.8, 4) is 0 Å². The number of carboxylic acids is 1. The van der Waals surface area contributed by atoms with Crippen LogP contribution in [0, 0.1) is 0 Å². The second-order valence-corrected chi connectivity index (χ2v) is 2.30. The molecule has 0 aromatic rings. The second-order valence-electron chi connectivity index (χ2n) is 2.30. The molecule has 1 aliphatic heterocycles. The van der Waals surface area contributed by atoms with Gasteiger partial charge in [-0.1, -0.05) is 0 Å². The van der Waals surface area contributed by atoms with Crippen molar-refractivity contribution in [3.05, 3.63) is 12.2 Å². The summed E-state index contributed by atoms with van der Waals surface area (Å²) >= 11 is 0. The Morgan fingerprint density at radius 3 is 2.92 bits per heavy atom. The highest BCUT2D eigenvalue weighted by atomic mass is 19.2. The van der Waals surface area contributed by atoms with Crippen LogP contribution in [0.1, 0.15) is 0 Å². The number of aliphatic imine (C=N–C) groups is 1. The third-order valence-corrected chi connectivity index (χ3v) is 1.56. The fourth-order valence-corrected chi connectivity index (χ4v) is 0.915. The van der Waals surface area contributed by atoms with Crippen molar-refractivity contribution in [3.63, 3.8) is 0 Å². The highest BCUT2D eigenvalue weighted by Crippen LogP contribution is 2.24. The first-order chi connectivity index (χ1) is 5.60. The Hall–Kier alpha value is -1.23. The van der Waals surface area contributed by atoms with Crippen LogP contribution >= 0.6 is 0 Å². The average Bonchev–Trinajstić information content (AvgIpc) is 2.05. The smallest absolute Gasteiger partial charge is 0.334 e. The molecule has 0 aliphatic carbocycles. The highest BCUT2D eigenvalue weighted by molar-refractivity contribution is 5.82. The quantitative estimate of drug-likeness (QED) is 0.657. The summed E-state index contributed by atoms with van der Waals surface area (Å²) in [6.45, 7) is 0. The number of carboxylic acid groups (broad SMARTS) is 1. The molecule has 0 spiro atoms. The minimum absolute atomic E-state index is 1.03. The van der Waals surface area contributed by atoms with Gasteiger partial charge in [-0.15, -0.1) is 0 Å². The van der Waals surface area contributed by atoms with E-state index in [-0.39, 0.29) is 0 Å². The van der Waals surface area contributed by atoms with Crippen molar-refractivity contribution in [2.75, 3.05) is 7.11 Å². The molecular weight excluding hydrogens is 165 g/mol. The van der Waals surface area contributed by atoms with Crippen molar-refractivity contribution in [2.45, 2.75) is 11.9 Å². The van der Waals surface area contributed by atoms with E-state index < -0.39 is 17.9 Å². The first-order valence-corrected chi connectivity index (χ1v) is 3.28. The van der Waals surface area contributed by atoms with Crippen LogP contribution in [-0.2, 0) is 9.53 Å². The SMILES string of the molecule is COC1(F)C=CC=NC1C(=O)O. The van der Waals surface area contributed by atoms with Gasteiger partial charge in [0.25, 0.3) is 5.85 Å². The van der Waals surface area contributed by atoms with Crippen LogP contribution in [0.4, 0.5) is 4.39 Å². The zero-order chi connectivity index (χ0) is 9.19. The number of aliphatic carboxylic acids is 1. The zero-order valence-corrected chi connectivity index (χ0v) is 6.40. The number of rotatable bonds is 2. The summed E-state index contributed by atoms with van der Waals surface area (Å²) in [6.07, 6.45) is 3.57. The molecule has 0 saturated heterocycles. The maximum Gasteiger partial charge on any atom is 0.334 e. The largest absolute Gasteiger partial charge is 0.479 e. The van der Waals surface area contributed by atoms with Crippen molar-refractivity contribution in [2.24, 2.45) is 4.99 Å². The summed E-state index contributed by atoms with van der Waals surface area (Å²) in [4.78, 5) is 13.9. The molecule has 0 bridgehead atoms. The number of halogens is 1. The lowest BCUT2D eigenvalue weighted by Crippen LogP contribution is -2.43. The van der Waals surface area contributed by atoms with Gasteiger partial charge in [-0.3, -0.25) is 4.99 Å². The number of allylic oxidation sites excluding steroid dienone is 1. The lowest BCUT2D eigenvalue weighted by Gasteiger charge is -2.25. The molecule has 1 heterocycles. The predicted molar refractivity (Wildman–Crippen MR) is 39.9 cm³/mol. The molecule has 66 valence electrons. The fraction of sp³-hybridized carbons (Fsp3) is 0.429. The highest BCUT2D eigenvalue weighted by Gasteiger charge is 2.43. The van der Waals surface area contributed by atoms with Gasteiger partial charge in [0.05, 0.1) is 0 Å². The van der Waals surface area contributed by atoms with Crippen LogP contribution in [0.25, 0.3) is 0 Å². The van der Waals surface area contributed by atoms with Crippen LogP contribution in [0.2, 0.25) is 0 Å². The number of hydrogen-bond acceptors (Lipinski definition) is 3. The van der Waals surface area contributed by atoms with E-state index in [0.717, 1.165) is 13.2 Å². The summed E-state index contributed by atoms with van der Waals surface area (Å²) in [7, 11) is 1.10. The van der Waals surface area contributed by atoms with Gasteiger partial charge in [0.2, 0.25) is 6.04 Å². The standard InChI is InChI=1S/C7H8FNO3/c1-12-7(8)3-2-4-9-5(7)6(10)11/h2-5H,1H3,(H,10,11). The molecule has 0 aromatic carbocycles. The lowest BCUT2D eigenvalue weighted by atomic mass is 10.1. The molecule has 1 N–H and O–H groups in total. The summed E-state index contributed by atoms with van der Waals surface area (Å²) in [5, 5.41) is 8.54. The fourth-order valence-electron chi connectivity index (χ4n) is 0.915. The molecule has 1 aliphatic rings. The summed E-state index contributed by atoms with van der Waals surface area (Å²) in [5.41, 5.74) is 0. The summed E-state index contributed by atoms with van der Waals surface area (Å²) in [6, 6.07) is -1.51. The molecule has 0 amide bonds. The van der Waals surface area contributed by atoms with Gasteiger partial charge < -0.3 is 9.84 Å². The molecule has 0 radical (unpaired) electrons. The van der Waals surface area contributed by atoms with Crippen LogP contribution in [-0.4, -0.2) is 36.3 Å². The van der Waals surface area contributed by atoms with E-state index in [1.54, 1.807) is 0 Å². The third kappa shape index (κ3) is 1.35. The monoisotopic (exact) mass is 173 g/mol. The van der Waals surface area contributed by atoms with Crippen molar-refractivity contribution >= 4 is 12.2 Å². The Kier molecular flexibility index (Phi) is 2.23. The molecule has 1 rings (SSSR count). The Morgan fingerprint density at radius 2 is 2.50 bits per heavy atom. The minimum atomic E-state index is -2.32. The van der Waals surface area contributed by atoms with E-state index in [0.29, 0.717) is 0 Å². The second kappa shape index (κ2) is 3.02. The molecule has 0 saturated carbocycles. The van der Waals surface area contributed by atoms with Crippen LogP contribution < -0.4 is 0 Å². The van der Waals surface area contributed by atoms with Gasteiger partial charge in [0.1, 0.15) is 0 Å². The molecular formula is C7H8FNO3. The molecule has 2 unspecified atom stereocenters. The van der Waals surface area contributed by atoms with Crippen molar-refractivity contribution in [1.82, 2.24) is 0 Å². The molecule has 0 aromatic heterocycles. The van der Waals surface area contributed by atoms with Gasteiger partial charge in [-0.2, -0.15) is 0 Å². The normalized spacial score (nSPS) is 33.7. The molecule has 0 fully saturated rings. The van der Waals surface area contributed by atoms with Crippen molar-refractivity contribution in [1.29, 1.82) is 0 Å². The number of nitrogens with zero attached hydrogens (tertiary/aromatic N) is 1. The number of ether oxygens (including phenoxy) is 1. The topological polar surface area (TPSA) is 58.9 Å². The minimum Gasteiger partial charge on any atom is -0.479 e. The summed E-state index contributed by atoms with van der Waals surface area (Å²) < 4.78 is 17.8. The number of alkyl halides is 1. The molecule has 5 heteroatoms. The Bertz CT molecular complexity index is 251. The van der Waals surface area contributed by atoms with E-state index in [2.05, 4.69) is 9.73 Å². The predicted octanol–water partition coefficient (Wildman–Crippen LogP) is 0.392. The number of dihydropyridines is 1. The molecule has 12 heavy (non-hydrogen) atoms. The van der Waals surface area contributed by atoms with Gasteiger partial charge in [-0.25, -0.2) is 9.18 Å². The third-order valence-electron chi connectivity index (χ3n) is 1.56. The van der Waals surface area contributed by atoms with E-state index in [9.17, 15) is 9.18 Å². The maximum absolute atomic E-state index is 13.4. The summed E-state index contributed by atoms with van der Waals surface area (Å²) in [5.74, 6) is -3.67. The lowest BCUT2D eigenvalue weighted by molar-refractivity contribution is -0.156. The average molecular weight is 173 g/mol. The Morgan fingerprint density at radius 1 is 1.83 bits per heavy atom. The van der Waals surface area contributed by atoms with Gasteiger partial charge in [0.15, 0.2) is 0 Å². The van der Waals surface area contributed by atoms with Crippen LogP contribution in [0.5, 0.6) is 0 Å². The van der Waals surface area contributed by atoms with E-state index in [4.69, 9.17) is 5.11 Å². The van der Waals surface area contributed by atoms with E-state index in [1.165, 1.54) is 12.3 Å². The van der Waals surface area contributed by atoms with E-state index in [1.807, 2.05) is 0 Å². The van der Waals surface area contributed by atoms with Gasteiger partial charge >= 0.3 is 5.97 Å². The zero-order valence-electron chi connectivity index (χ0n) is 6.40. The first kappa shape index (κ1) is 8.86.